The first-order valence-corrected chi connectivity index (χ1v) is 8.85. The lowest BCUT2D eigenvalue weighted by molar-refractivity contribution is -0.143. The third-order valence-corrected chi connectivity index (χ3v) is 4.58. The predicted octanol–water partition coefficient (Wildman–Crippen LogP) is 1.79. The number of benzene rings is 1. The molecule has 0 aromatic heterocycles. The smallest absolute Gasteiger partial charge is 0.326 e. The summed E-state index contributed by atoms with van der Waals surface area (Å²) in [4.78, 5) is 37.1. The summed E-state index contributed by atoms with van der Waals surface area (Å²) in [6.45, 7) is 4.28. The SMILES string of the molecule is CC(C)[C@H](NC(=O)C1CC(=O)N(CCOc2ccccc2Cl)C1)C(=O)O. The zero-order valence-electron chi connectivity index (χ0n) is 14.8. The standard InChI is InChI=1S/C18H23ClN2O5/c1-11(2)16(18(24)25)20-17(23)12-9-15(22)21(10-12)7-8-26-14-6-4-3-5-13(14)19/h3-6,11-12,16H,7-10H2,1-2H3,(H,20,23)(H,24,25)/t12?,16-/m0/s1. The number of carbonyl (C=O) groups excluding carboxylic acids is 2. The van der Waals surface area contributed by atoms with Gasteiger partial charge in [-0.05, 0) is 18.1 Å². The fraction of sp³-hybridized carbons (Fsp3) is 0.500. The number of likely N-dealkylation sites (tertiary alicyclic amines) is 1. The van der Waals surface area contributed by atoms with E-state index in [9.17, 15) is 14.4 Å². The second-order valence-corrected chi connectivity index (χ2v) is 7.00. The van der Waals surface area contributed by atoms with E-state index in [0.717, 1.165) is 0 Å². The van der Waals surface area contributed by atoms with Crippen molar-refractivity contribution in [3.8, 4) is 5.75 Å². The van der Waals surface area contributed by atoms with Crippen LogP contribution in [0.5, 0.6) is 5.75 Å². The number of hydrogen-bond donors (Lipinski definition) is 2. The summed E-state index contributed by atoms with van der Waals surface area (Å²) in [7, 11) is 0. The van der Waals surface area contributed by atoms with Crippen molar-refractivity contribution in [2.24, 2.45) is 11.8 Å². The number of carboxylic acids is 1. The van der Waals surface area contributed by atoms with Crippen molar-refractivity contribution < 1.29 is 24.2 Å². The normalized spacial score (nSPS) is 18.1. The van der Waals surface area contributed by atoms with Crippen molar-refractivity contribution in [1.82, 2.24) is 10.2 Å². The first-order valence-electron chi connectivity index (χ1n) is 8.48. The lowest BCUT2D eigenvalue weighted by Gasteiger charge is -2.20. The molecule has 0 saturated carbocycles. The van der Waals surface area contributed by atoms with Crippen LogP contribution >= 0.6 is 11.6 Å². The number of nitrogens with one attached hydrogen (secondary N) is 1. The highest BCUT2D eigenvalue weighted by atomic mass is 35.5. The molecular weight excluding hydrogens is 360 g/mol. The minimum absolute atomic E-state index is 0.0718. The van der Waals surface area contributed by atoms with Crippen LogP contribution in [-0.4, -0.2) is 53.5 Å². The first-order chi connectivity index (χ1) is 12.3. The van der Waals surface area contributed by atoms with Gasteiger partial charge >= 0.3 is 5.97 Å². The van der Waals surface area contributed by atoms with Gasteiger partial charge in [0, 0.05) is 13.0 Å². The number of halogens is 1. The van der Waals surface area contributed by atoms with E-state index in [1.807, 2.05) is 0 Å². The van der Waals surface area contributed by atoms with Gasteiger partial charge in [0.25, 0.3) is 0 Å². The second kappa shape index (κ2) is 8.89. The number of rotatable bonds is 8. The Morgan fingerprint density at radius 1 is 1.38 bits per heavy atom. The van der Waals surface area contributed by atoms with Crippen molar-refractivity contribution in [2.75, 3.05) is 19.7 Å². The average Bonchev–Trinajstić information content (AvgIpc) is 2.94. The van der Waals surface area contributed by atoms with Gasteiger partial charge in [0.1, 0.15) is 18.4 Å². The Kier molecular flexibility index (Phi) is 6.85. The predicted molar refractivity (Wildman–Crippen MR) is 96.0 cm³/mol. The van der Waals surface area contributed by atoms with Gasteiger partial charge in [-0.1, -0.05) is 37.6 Å². The Morgan fingerprint density at radius 3 is 2.69 bits per heavy atom. The van der Waals surface area contributed by atoms with Crippen molar-refractivity contribution in [3.63, 3.8) is 0 Å². The summed E-state index contributed by atoms with van der Waals surface area (Å²) in [5, 5.41) is 12.2. The quantitative estimate of drug-likeness (QED) is 0.714. The molecule has 26 heavy (non-hydrogen) atoms. The highest BCUT2D eigenvalue weighted by molar-refractivity contribution is 6.32. The monoisotopic (exact) mass is 382 g/mol. The number of nitrogens with zero attached hydrogens (tertiary/aromatic N) is 1. The molecule has 2 N–H and O–H groups in total. The molecule has 0 spiro atoms. The van der Waals surface area contributed by atoms with Crippen LogP contribution in [0.3, 0.4) is 0 Å². The molecule has 2 atom stereocenters. The lowest BCUT2D eigenvalue weighted by Crippen LogP contribution is -2.47. The number of amides is 2. The van der Waals surface area contributed by atoms with Crippen LogP contribution in [0.2, 0.25) is 5.02 Å². The van der Waals surface area contributed by atoms with Crippen LogP contribution in [0.1, 0.15) is 20.3 Å². The number of hydrogen-bond acceptors (Lipinski definition) is 4. The summed E-state index contributed by atoms with van der Waals surface area (Å²) in [6.07, 6.45) is 0.0718. The lowest BCUT2D eigenvalue weighted by atomic mass is 10.0. The molecule has 1 aromatic carbocycles. The Bertz CT molecular complexity index is 679. The summed E-state index contributed by atoms with van der Waals surface area (Å²) >= 11 is 6.01. The highest BCUT2D eigenvalue weighted by Crippen LogP contribution is 2.23. The third kappa shape index (κ3) is 5.11. The number of carboxylic acid groups (broad SMARTS) is 1. The number of para-hydroxylation sites is 1. The van der Waals surface area contributed by atoms with Crippen LogP contribution in [-0.2, 0) is 14.4 Å². The molecule has 1 aromatic rings. The van der Waals surface area contributed by atoms with Crippen LogP contribution in [0.25, 0.3) is 0 Å². The average molecular weight is 383 g/mol. The summed E-state index contributed by atoms with van der Waals surface area (Å²) in [5.74, 6) is -1.89. The van der Waals surface area contributed by atoms with Gasteiger partial charge in [0.2, 0.25) is 11.8 Å². The van der Waals surface area contributed by atoms with Gasteiger partial charge in [-0.25, -0.2) is 4.79 Å². The summed E-state index contributed by atoms with van der Waals surface area (Å²) in [5.41, 5.74) is 0. The molecule has 2 rings (SSSR count). The van der Waals surface area contributed by atoms with Gasteiger partial charge in [-0.3, -0.25) is 9.59 Å². The van der Waals surface area contributed by atoms with Gasteiger partial charge in [0.15, 0.2) is 0 Å². The van der Waals surface area contributed by atoms with Crippen molar-refractivity contribution >= 4 is 29.4 Å². The van der Waals surface area contributed by atoms with E-state index < -0.39 is 23.8 Å². The Hall–Kier alpha value is -2.28. The third-order valence-electron chi connectivity index (χ3n) is 4.27. The first kappa shape index (κ1) is 20.0. The molecule has 142 valence electrons. The van der Waals surface area contributed by atoms with Gasteiger partial charge in [-0.2, -0.15) is 0 Å². The van der Waals surface area contributed by atoms with E-state index in [-0.39, 0.29) is 31.4 Å². The van der Waals surface area contributed by atoms with E-state index in [2.05, 4.69) is 5.32 Å². The fourth-order valence-corrected chi connectivity index (χ4v) is 2.97. The molecule has 1 fully saturated rings. The minimum Gasteiger partial charge on any atom is -0.490 e. The largest absolute Gasteiger partial charge is 0.490 e. The maximum absolute atomic E-state index is 12.3. The molecular formula is C18H23ClN2O5. The Labute approximate surface area is 157 Å². The van der Waals surface area contributed by atoms with E-state index in [1.54, 1.807) is 43.0 Å². The van der Waals surface area contributed by atoms with Gasteiger partial charge < -0.3 is 20.1 Å². The molecule has 1 aliphatic rings. The number of aliphatic carboxylic acids is 1. The maximum Gasteiger partial charge on any atom is 0.326 e. The van der Waals surface area contributed by atoms with Crippen molar-refractivity contribution in [1.29, 1.82) is 0 Å². The molecule has 0 radical (unpaired) electrons. The van der Waals surface area contributed by atoms with Crippen LogP contribution in [0.4, 0.5) is 0 Å². The highest BCUT2D eigenvalue weighted by Gasteiger charge is 2.36. The molecule has 7 nitrogen and oxygen atoms in total. The van der Waals surface area contributed by atoms with Crippen molar-refractivity contribution in [3.05, 3.63) is 29.3 Å². The van der Waals surface area contributed by atoms with E-state index in [0.29, 0.717) is 17.3 Å². The molecule has 8 heteroatoms. The summed E-state index contributed by atoms with van der Waals surface area (Å²) in [6, 6.07) is 6.09. The Morgan fingerprint density at radius 2 is 2.08 bits per heavy atom. The molecule has 2 amide bonds. The van der Waals surface area contributed by atoms with Crippen LogP contribution < -0.4 is 10.1 Å². The molecule has 1 saturated heterocycles. The van der Waals surface area contributed by atoms with Gasteiger partial charge in [-0.15, -0.1) is 0 Å². The molecule has 1 heterocycles. The number of carbonyl (C=O) groups is 3. The zero-order chi connectivity index (χ0) is 19.3. The number of ether oxygens (including phenoxy) is 1. The van der Waals surface area contributed by atoms with E-state index in [4.69, 9.17) is 21.4 Å². The van der Waals surface area contributed by atoms with Gasteiger partial charge in [0.05, 0.1) is 17.5 Å². The summed E-state index contributed by atoms with van der Waals surface area (Å²) < 4.78 is 5.57. The minimum atomic E-state index is -1.08. The second-order valence-electron chi connectivity index (χ2n) is 6.59. The topological polar surface area (TPSA) is 95.9 Å². The van der Waals surface area contributed by atoms with Crippen LogP contribution in [0.15, 0.2) is 24.3 Å². The zero-order valence-corrected chi connectivity index (χ0v) is 15.5. The van der Waals surface area contributed by atoms with E-state index in [1.165, 1.54) is 0 Å². The Balaban J connectivity index is 1.84. The maximum atomic E-state index is 12.3. The van der Waals surface area contributed by atoms with Crippen LogP contribution in [0, 0.1) is 11.8 Å². The fourth-order valence-electron chi connectivity index (χ4n) is 2.78. The molecule has 1 unspecified atom stereocenters. The molecule has 0 bridgehead atoms. The molecule has 1 aliphatic heterocycles. The van der Waals surface area contributed by atoms with Crippen molar-refractivity contribution in [2.45, 2.75) is 26.3 Å². The van der Waals surface area contributed by atoms with E-state index >= 15 is 0 Å². The molecule has 0 aliphatic carbocycles.